The smallest absolute Gasteiger partial charge is 0.269 e. The summed E-state index contributed by atoms with van der Waals surface area (Å²) in [5.41, 5.74) is 1.06. The third kappa shape index (κ3) is 2.65. The largest absolute Gasteiger partial charge is 0.392 e. The zero-order chi connectivity index (χ0) is 14.9. The lowest BCUT2D eigenvalue weighted by atomic mass is 9.73. The zero-order valence-corrected chi connectivity index (χ0v) is 12.2. The molecular weight excluding hydrogens is 266 g/mol. The van der Waals surface area contributed by atoms with Gasteiger partial charge in [-0.3, -0.25) is 9.20 Å². The molecule has 0 aliphatic heterocycles. The second-order valence-corrected chi connectivity index (χ2v) is 6.17. The molecule has 5 heteroatoms. The fraction of sp³-hybridized carbons (Fsp3) is 0.500. The maximum atomic E-state index is 12.4. The number of aliphatic hydroxyl groups excluding tert-OH is 1. The van der Waals surface area contributed by atoms with Gasteiger partial charge >= 0.3 is 0 Å². The molecule has 1 fully saturated rings. The summed E-state index contributed by atoms with van der Waals surface area (Å²) in [4.78, 5) is 16.6. The summed E-state index contributed by atoms with van der Waals surface area (Å²) in [6.45, 7) is 2.54. The molecule has 1 saturated carbocycles. The van der Waals surface area contributed by atoms with Crippen LogP contribution in [0, 0.1) is 5.41 Å². The third-order valence-electron chi connectivity index (χ3n) is 4.58. The van der Waals surface area contributed by atoms with Crippen molar-refractivity contribution in [3.8, 4) is 0 Å². The average Bonchev–Trinajstić information content (AvgIpc) is 2.92. The zero-order valence-electron chi connectivity index (χ0n) is 12.2. The second kappa shape index (κ2) is 5.48. The van der Waals surface area contributed by atoms with Crippen molar-refractivity contribution in [1.29, 1.82) is 0 Å². The molecule has 112 valence electrons. The number of rotatable bonds is 3. The van der Waals surface area contributed by atoms with Crippen LogP contribution < -0.4 is 5.32 Å². The molecule has 1 aliphatic carbocycles. The van der Waals surface area contributed by atoms with Crippen LogP contribution in [0.5, 0.6) is 0 Å². The summed E-state index contributed by atoms with van der Waals surface area (Å²) in [5.74, 6) is -0.146. The fourth-order valence-corrected chi connectivity index (χ4v) is 3.06. The van der Waals surface area contributed by atoms with Crippen LogP contribution in [0.3, 0.4) is 0 Å². The fourth-order valence-electron chi connectivity index (χ4n) is 3.06. The quantitative estimate of drug-likeness (QED) is 0.907. The Labute approximate surface area is 124 Å². The summed E-state index contributed by atoms with van der Waals surface area (Å²) in [6, 6.07) is 5.63. The molecule has 0 aromatic carbocycles. The second-order valence-electron chi connectivity index (χ2n) is 6.17. The third-order valence-corrected chi connectivity index (χ3v) is 4.58. The Morgan fingerprint density at radius 1 is 1.52 bits per heavy atom. The molecule has 0 saturated heterocycles. The van der Waals surface area contributed by atoms with Gasteiger partial charge in [0.25, 0.3) is 5.91 Å². The van der Waals surface area contributed by atoms with Crippen LogP contribution in [0.4, 0.5) is 0 Å². The lowest BCUT2D eigenvalue weighted by molar-refractivity contribution is 0.00187. The molecule has 5 nitrogen and oxygen atoms in total. The van der Waals surface area contributed by atoms with Gasteiger partial charge in [0, 0.05) is 18.2 Å². The van der Waals surface area contributed by atoms with Crippen LogP contribution in [-0.2, 0) is 0 Å². The number of nitrogens with one attached hydrogen (secondary N) is 1. The van der Waals surface area contributed by atoms with E-state index in [1.807, 2.05) is 31.3 Å². The van der Waals surface area contributed by atoms with Crippen LogP contribution in [0.25, 0.3) is 5.65 Å². The first-order valence-electron chi connectivity index (χ1n) is 7.48. The van der Waals surface area contributed by atoms with Crippen molar-refractivity contribution in [2.24, 2.45) is 5.41 Å². The minimum absolute atomic E-state index is 0.146. The Balaban J connectivity index is 1.72. The van der Waals surface area contributed by atoms with E-state index in [0.29, 0.717) is 12.2 Å². The van der Waals surface area contributed by atoms with Gasteiger partial charge in [-0.05, 0) is 25.0 Å². The summed E-state index contributed by atoms with van der Waals surface area (Å²) in [6.07, 6.45) is 7.02. The maximum Gasteiger partial charge on any atom is 0.269 e. The van der Waals surface area contributed by atoms with Crippen molar-refractivity contribution in [2.75, 3.05) is 6.54 Å². The van der Waals surface area contributed by atoms with E-state index in [1.165, 1.54) is 0 Å². The van der Waals surface area contributed by atoms with Crippen LogP contribution in [0.1, 0.15) is 43.1 Å². The minimum Gasteiger partial charge on any atom is -0.392 e. The van der Waals surface area contributed by atoms with Gasteiger partial charge in [-0.2, -0.15) is 0 Å². The van der Waals surface area contributed by atoms with Gasteiger partial charge in [0.2, 0.25) is 0 Å². The molecule has 2 N–H and O–H groups in total. The first-order valence-corrected chi connectivity index (χ1v) is 7.48. The van der Waals surface area contributed by atoms with Crippen LogP contribution >= 0.6 is 0 Å². The average molecular weight is 287 g/mol. The molecule has 2 atom stereocenters. The van der Waals surface area contributed by atoms with Crippen LogP contribution in [-0.4, -0.2) is 33.0 Å². The van der Waals surface area contributed by atoms with Crippen molar-refractivity contribution in [3.05, 3.63) is 36.3 Å². The number of carbonyl (C=O) groups excluding carboxylic acids is 1. The number of nitrogens with zero attached hydrogens (tertiary/aromatic N) is 2. The summed E-state index contributed by atoms with van der Waals surface area (Å²) >= 11 is 0. The van der Waals surface area contributed by atoms with E-state index < -0.39 is 0 Å². The molecule has 2 unspecified atom stereocenters. The number of aromatic nitrogens is 2. The Kier molecular flexibility index (Phi) is 3.68. The van der Waals surface area contributed by atoms with E-state index in [0.717, 1.165) is 31.3 Å². The monoisotopic (exact) mass is 287 g/mol. The Bertz CT molecular complexity index is 652. The Morgan fingerprint density at radius 2 is 2.38 bits per heavy atom. The van der Waals surface area contributed by atoms with Gasteiger partial charge in [-0.15, -0.1) is 0 Å². The highest BCUT2D eigenvalue weighted by molar-refractivity contribution is 5.93. The molecule has 1 amide bonds. The molecule has 3 rings (SSSR count). The van der Waals surface area contributed by atoms with Gasteiger partial charge in [0.15, 0.2) is 0 Å². The molecule has 2 aromatic rings. The number of amides is 1. The van der Waals surface area contributed by atoms with Gasteiger partial charge in [-0.25, -0.2) is 4.98 Å². The number of imidazole rings is 1. The number of carbonyl (C=O) groups is 1. The van der Waals surface area contributed by atoms with Gasteiger partial charge < -0.3 is 10.4 Å². The predicted octanol–water partition coefficient (Wildman–Crippen LogP) is 2.01. The summed E-state index contributed by atoms with van der Waals surface area (Å²) in [7, 11) is 0. The number of fused-ring (bicyclic) bond motifs is 1. The van der Waals surface area contributed by atoms with Crippen molar-refractivity contribution in [3.63, 3.8) is 0 Å². The number of hydrogen-bond acceptors (Lipinski definition) is 3. The van der Waals surface area contributed by atoms with Gasteiger partial charge in [0.05, 0.1) is 12.3 Å². The topological polar surface area (TPSA) is 66.6 Å². The van der Waals surface area contributed by atoms with Gasteiger partial charge in [0.1, 0.15) is 11.3 Å². The van der Waals surface area contributed by atoms with E-state index in [2.05, 4.69) is 10.3 Å². The lowest BCUT2D eigenvalue weighted by Gasteiger charge is -2.38. The van der Waals surface area contributed by atoms with Crippen LogP contribution in [0.15, 0.2) is 30.6 Å². The van der Waals surface area contributed by atoms with Crippen LogP contribution in [0.2, 0.25) is 0 Å². The molecule has 0 bridgehead atoms. The van der Waals surface area contributed by atoms with E-state index in [9.17, 15) is 9.90 Å². The highest BCUT2D eigenvalue weighted by Crippen LogP contribution is 2.35. The van der Waals surface area contributed by atoms with Crippen molar-refractivity contribution >= 4 is 11.6 Å². The highest BCUT2D eigenvalue weighted by Gasteiger charge is 2.35. The van der Waals surface area contributed by atoms with E-state index in [-0.39, 0.29) is 17.4 Å². The SMILES string of the molecule is CC1(CNC(=O)c2cnc3ccccn23)CCCCC1O. The van der Waals surface area contributed by atoms with E-state index >= 15 is 0 Å². The van der Waals surface area contributed by atoms with Gasteiger partial charge in [-0.1, -0.05) is 25.8 Å². The Hall–Kier alpha value is -1.88. The molecule has 21 heavy (non-hydrogen) atoms. The first kappa shape index (κ1) is 14.1. The van der Waals surface area contributed by atoms with Crippen molar-refractivity contribution < 1.29 is 9.90 Å². The number of aliphatic hydroxyl groups is 1. The highest BCUT2D eigenvalue weighted by atomic mass is 16.3. The summed E-state index contributed by atoms with van der Waals surface area (Å²) in [5, 5.41) is 13.1. The minimum atomic E-state index is -0.339. The van der Waals surface area contributed by atoms with Crippen molar-refractivity contribution in [1.82, 2.24) is 14.7 Å². The maximum absolute atomic E-state index is 12.4. The first-order chi connectivity index (χ1) is 10.1. The lowest BCUT2D eigenvalue weighted by Crippen LogP contribution is -2.45. The number of hydrogen-bond donors (Lipinski definition) is 2. The number of pyridine rings is 1. The molecule has 0 radical (unpaired) electrons. The van der Waals surface area contributed by atoms with E-state index in [4.69, 9.17) is 0 Å². The molecule has 1 aliphatic rings. The molecule has 2 heterocycles. The normalized spacial score (nSPS) is 25.9. The molecule has 0 spiro atoms. The van der Waals surface area contributed by atoms with Crippen molar-refractivity contribution in [2.45, 2.75) is 38.7 Å². The summed E-state index contributed by atoms with van der Waals surface area (Å²) < 4.78 is 1.77. The molecular formula is C16H21N3O2. The molecule has 2 aromatic heterocycles. The van der Waals surface area contributed by atoms with E-state index in [1.54, 1.807) is 10.6 Å². The predicted molar refractivity (Wildman–Crippen MR) is 80.1 cm³/mol. The Morgan fingerprint density at radius 3 is 3.19 bits per heavy atom. The standard InChI is InChI=1S/C16H21N3O2/c1-16(8-4-2-6-13(16)20)11-18-15(21)12-10-17-14-7-3-5-9-19(12)14/h3,5,7,9-10,13,20H,2,4,6,8,11H2,1H3,(H,18,21).